The van der Waals surface area contributed by atoms with Crippen molar-refractivity contribution < 1.29 is 18.3 Å². The fourth-order valence-corrected chi connectivity index (χ4v) is 2.13. The third kappa shape index (κ3) is 3.54. The van der Waals surface area contributed by atoms with Gasteiger partial charge in [-0.3, -0.25) is 8.51 Å². The molecular weight excluding hydrogens is 254 g/mol. The highest BCUT2D eigenvalue weighted by molar-refractivity contribution is 7.80. The van der Waals surface area contributed by atoms with Gasteiger partial charge in [0.15, 0.2) is 0 Å². The van der Waals surface area contributed by atoms with Crippen LogP contribution in [0, 0.1) is 6.92 Å². The van der Waals surface area contributed by atoms with Crippen LogP contribution in [0.4, 0.5) is 5.69 Å². The van der Waals surface area contributed by atoms with Crippen LogP contribution < -0.4 is 4.31 Å². The Kier molecular flexibility index (Phi) is 5.30. The fraction of sp³-hybridized carbons (Fsp3) is 0.417. The van der Waals surface area contributed by atoms with Gasteiger partial charge in [0, 0.05) is 17.0 Å². The van der Waals surface area contributed by atoms with Crippen LogP contribution in [0.1, 0.15) is 19.4 Å². The molecule has 0 radical (unpaired) electrons. The smallest absolute Gasteiger partial charge is 0.329 e. The minimum absolute atomic E-state index is 0.219. The minimum atomic E-state index is -2.53. The Hall–Kier alpha value is -1.40. The number of hydrogen-bond donors (Lipinski definition) is 0. The summed E-state index contributed by atoms with van der Waals surface area (Å²) in [6.45, 7) is 5.29. The number of rotatable bonds is 5. The van der Waals surface area contributed by atoms with Crippen LogP contribution in [0.5, 0.6) is 0 Å². The molecule has 0 saturated carbocycles. The van der Waals surface area contributed by atoms with Crippen LogP contribution in [0.2, 0.25) is 0 Å². The van der Waals surface area contributed by atoms with Crippen LogP contribution >= 0.6 is 0 Å². The summed E-state index contributed by atoms with van der Waals surface area (Å²) in [5, 5.41) is 0. The maximum Gasteiger partial charge on any atom is 0.329 e. The first-order chi connectivity index (χ1) is 8.47. The summed E-state index contributed by atoms with van der Waals surface area (Å²) in [5.41, 5.74) is 1.45. The first kappa shape index (κ1) is 14.7. The van der Waals surface area contributed by atoms with E-state index in [0.717, 1.165) is 9.87 Å². The van der Waals surface area contributed by atoms with Gasteiger partial charge in [-0.1, -0.05) is 17.7 Å². The van der Waals surface area contributed by atoms with Crippen LogP contribution in [0.25, 0.3) is 0 Å². The van der Waals surface area contributed by atoms with E-state index in [1.165, 1.54) is 6.92 Å². The number of carbonyl (C=O) groups is 1. The number of aryl methyl sites for hydroxylation is 1. The normalized spacial score (nSPS) is 13.8. The Bertz CT molecular complexity index is 432. The second kappa shape index (κ2) is 6.51. The van der Waals surface area contributed by atoms with Gasteiger partial charge < -0.3 is 9.29 Å². The summed E-state index contributed by atoms with van der Waals surface area (Å²) in [6, 6.07) is 5.99. The average Bonchev–Trinajstić information content (AvgIpc) is 2.31. The molecule has 0 aliphatic rings. The number of ether oxygens (including phenoxy) is 1. The first-order valence-electron chi connectivity index (χ1n) is 5.59. The molecule has 0 bridgehead atoms. The van der Waals surface area contributed by atoms with Crippen molar-refractivity contribution in [3.05, 3.63) is 29.8 Å². The highest BCUT2D eigenvalue weighted by atomic mass is 32.2. The predicted octanol–water partition coefficient (Wildman–Crippen LogP) is 1.55. The number of anilines is 1. The molecular formula is C12H16NO4S-. The molecule has 0 heterocycles. The van der Waals surface area contributed by atoms with E-state index in [1.807, 2.05) is 6.92 Å². The lowest BCUT2D eigenvalue weighted by Gasteiger charge is -2.30. The Labute approximate surface area is 109 Å². The van der Waals surface area contributed by atoms with Crippen LogP contribution in [-0.2, 0) is 20.8 Å². The number of benzene rings is 1. The quantitative estimate of drug-likeness (QED) is 0.601. The molecule has 0 aliphatic heterocycles. The summed E-state index contributed by atoms with van der Waals surface area (Å²) >= 11 is -2.53. The summed E-state index contributed by atoms with van der Waals surface area (Å²) < 4.78 is 28.3. The Morgan fingerprint density at radius 3 is 2.44 bits per heavy atom. The van der Waals surface area contributed by atoms with Gasteiger partial charge >= 0.3 is 5.97 Å². The summed E-state index contributed by atoms with van der Waals surface area (Å²) in [4.78, 5) is 11.6. The number of esters is 1. The summed E-state index contributed by atoms with van der Waals surface area (Å²) in [5.74, 6) is -0.567. The largest absolute Gasteiger partial charge is 0.755 e. The molecule has 100 valence electrons. The van der Waals surface area contributed by atoms with E-state index in [1.54, 1.807) is 31.2 Å². The van der Waals surface area contributed by atoms with Gasteiger partial charge in [0.05, 0.1) is 6.61 Å². The molecule has 0 aliphatic carbocycles. The lowest BCUT2D eigenvalue weighted by Crippen LogP contribution is -2.41. The molecule has 0 fully saturated rings. The first-order valence-corrected chi connectivity index (χ1v) is 6.62. The highest BCUT2D eigenvalue weighted by Crippen LogP contribution is 2.19. The zero-order valence-corrected chi connectivity index (χ0v) is 11.4. The second-order valence-corrected chi connectivity index (χ2v) is 4.63. The zero-order chi connectivity index (χ0) is 13.7. The minimum Gasteiger partial charge on any atom is -0.755 e. The van der Waals surface area contributed by atoms with E-state index in [0.29, 0.717) is 5.69 Å². The lowest BCUT2D eigenvalue weighted by molar-refractivity contribution is -0.144. The number of carbonyl (C=O) groups excluding carboxylic acids is 1. The van der Waals surface area contributed by atoms with Crippen molar-refractivity contribution >= 4 is 22.9 Å². The topological polar surface area (TPSA) is 69.7 Å². The van der Waals surface area contributed by atoms with E-state index in [-0.39, 0.29) is 6.61 Å². The van der Waals surface area contributed by atoms with Gasteiger partial charge in [-0.2, -0.15) is 0 Å². The molecule has 0 saturated heterocycles. The van der Waals surface area contributed by atoms with Gasteiger partial charge in [-0.25, -0.2) is 4.79 Å². The van der Waals surface area contributed by atoms with Crippen LogP contribution in [0.15, 0.2) is 24.3 Å². The Morgan fingerprint density at radius 1 is 1.44 bits per heavy atom. The van der Waals surface area contributed by atoms with E-state index in [2.05, 4.69) is 0 Å². The molecule has 2 unspecified atom stereocenters. The highest BCUT2D eigenvalue weighted by Gasteiger charge is 2.23. The Balaban J connectivity index is 2.99. The number of nitrogens with zero attached hydrogens (tertiary/aromatic N) is 1. The third-order valence-corrected chi connectivity index (χ3v) is 3.28. The molecule has 1 aromatic carbocycles. The van der Waals surface area contributed by atoms with E-state index < -0.39 is 23.3 Å². The van der Waals surface area contributed by atoms with Crippen LogP contribution in [-0.4, -0.2) is 27.4 Å². The van der Waals surface area contributed by atoms with Gasteiger partial charge in [0.2, 0.25) is 0 Å². The SMILES string of the molecule is CCOC(=O)C(C)N(c1ccc(C)cc1)S(=O)[O-]. The Morgan fingerprint density at radius 2 is 2.00 bits per heavy atom. The molecule has 0 N–H and O–H groups in total. The maximum absolute atomic E-state index is 11.6. The molecule has 1 aromatic rings. The molecule has 0 aromatic heterocycles. The lowest BCUT2D eigenvalue weighted by atomic mass is 10.2. The van der Waals surface area contributed by atoms with Gasteiger partial charge in [-0.15, -0.1) is 0 Å². The van der Waals surface area contributed by atoms with Gasteiger partial charge in [-0.05, 0) is 32.9 Å². The second-order valence-electron chi connectivity index (χ2n) is 3.81. The standard InChI is InChI=1S/C12H17NO4S/c1-4-17-12(14)10(3)13(18(15)16)11-7-5-9(2)6-8-11/h5-8,10H,4H2,1-3H3,(H,15,16)/p-1. The predicted molar refractivity (Wildman–Crippen MR) is 68.7 cm³/mol. The van der Waals surface area contributed by atoms with Crippen molar-refractivity contribution in [2.75, 3.05) is 10.9 Å². The number of hydrogen-bond acceptors (Lipinski definition) is 4. The molecule has 1 rings (SSSR count). The molecule has 0 amide bonds. The van der Waals surface area contributed by atoms with Crippen molar-refractivity contribution in [2.24, 2.45) is 0 Å². The molecule has 5 nitrogen and oxygen atoms in total. The molecule has 2 atom stereocenters. The van der Waals surface area contributed by atoms with E-state index in [9.17, 15) is 13.6 Å². The fourth-order valence-electron chi connectivity index (χ4n) is 1.49. The van der Waals surface area contributed by atoms with Crippen molar-refractivity contribution in [1.82, 2.24) is 0 Å². The van der Waals surface area contributed by atoms with E-state index in [4.69, 9.17) is 4.74 Å². The van der Waals surface area contributed by atoms with Gasteiger partial charge in [0.1, 0.15) is 6.04 Å². The monoisotopic (exact) mass is 270 g/mol. The van der Waals surface area contributed by atoms with Crippen molar-refractivity contribution in [2.45, 2.75) is 26.8 Å². The van der Waals surface area contributed by atoms with Crippen molar-refractivity contribution in [3.63, 3.8) is 0 Å². The van der Waals surface area contributed by atoms with E-state index >= 15 is 0 Å². The zero-order valence-electron chi connectivity index (χ0n) is 10.6. The molecule has 0 spiro atoms. The van der Waals surface area contributed by atoms with Gasteiger partial charge in [0.25, 0.3) is 0 Å². The molecule has 6 heteroatoms. The maximum atomic E-state index is 11.6. The van der Waals surface area contributed by atoms with Crippen molar-refractivity contribution in [3.8, 4) is 0 Å². The third-order valence-electron chi connectivity index (χ3n) is 2.43. The van der Waals surface area contributed by atoms with Crippen molar-refractivity contribution in [1.29, 1.82) is 0 Å². The summed E-state index contributed by atoms with van der Waals surface area (Å²) in [6.07, 6.45) is 0. The summed E-state index contributed by atoms with van der Waals surface area (Å²) in [7, 11) is 0. The average molecular weight is 270 g/mol. The molecule has 18 heavy (non-hydrogen) atoms. The van der Waals surface area contributed by atoms with Crippen LogP contribution in [0.3, 0.4) is 0 Å².